The minimum absolute atomic E-state index is 0.317. The lowest BCUT2D eigenvalue weighted by Crippen LogP contribution is -2.27. The Labute approximate surface area is 154 Å². The van der Waals surface area contributed by atoms with Gasteiger partial charge in [-0.2, -0.15) is 21.6 Å². The first-order chi connectivity index (χ1) is 12.0. The van der Waals surface area contributed by atoms with E-state index in [1.54, 1.807) is 12.1 Å². The average Bonchev–Trinajstić information content (AvgIpc) is 2.98. The van der Waals surface area contributed by atoms with Crippen molar-refractivity contribution in [2.45, 2.75) is 56.9 Å². The number of rotatable bonds is 7. The van der Waals surface area contributed by atoms with Gasteiger partial charge in [0.15, 0.2) is 0 Å². The van der Waals surface area contributed by atoms with Gasteiger partial charge in [0.2, 0.25) is 0 Å². The number of aryl methyl sites for hydroxylation is 2. The van der Waals surface area contributed by atoms with Gasteiger partial charge in [-0.1, -0.05) is 23.7 Å². The van der Waals surface area contributed by atoms with Crippen molar-refractivity contribution in [2.75, 3.05) is 18.1 Å². The van der Waals surface area contributed by atoms with E-state index < -0.39 is 25.9 Å². The third-order valence-electron chi connectivity index (χ3n) is 4.31. The maximum Gasteiger partial charge on any atom is 0.523 e. The first kappa shape index (κ1) is 21.4. The van der Waals surface area contributed by atoms with E-state index in [2.05, 4.69) is 6.92 Å². The number of alkyl halides is 3. The Morgan fingerprint density at radius 3 is 2.12 bits per heavy atom. The Bertz CT molecular complexity index is 716. The molecule has 0 radical (unpaired) electrons. The number of ether oxygens (including phenoxy) is 1. The first-order valence-electron chi connectivity index (χ1n) is 8.57. The highest BCUT2D eigenvalue weighted by Crippen LogP contribution is 2.64. The van der Waals surface area contributed by atoms with Gasteiger partial charge in [-0.25, -0.2) is 3.63 Å². The van der Waals surface area contributed by atoms with Crippen LogP contribution in [0, 0.1) is 13.8 Å². The van der Waals surface area contributed by atoms with E-state index in [1.807, 2.05) is 13.8 Å². The fourth-order valence-corrected chi connectivity index (χ4v) is 8.34. The summed E-state index contributed by atoms with van der Waals surface area (Å²) < 4.78 is 72.5. The van der Waals surface area contributed by atoms with Crippen LogP contribution in [0.2, 0.25) is 0 Å². The third kappa shape index (κ3) is 4.48. The van der Waals surface area contributed by atoms with Crippen LogP contribution in [0.5, 0.6) is 5.75 Å². The minimum atomic E-state index is -5.64. The third-order valence-corrected chi connectivity index (χ3v) is 9.63. The second kappa shape index (κ2) is 7.98. The molecular formula is C17H25F3O4S2. The smallest absolute Gasteiger partial charge is 0.493 e. The molecule has 0 bridgehead atoms. The lowest BCUT2D eigenvalue weighted by Gasteiger charge is -2.35. The monoisotopic (exact) mass is 414 g/mol. The van der Waals surface area contributed by atoms with E-state index in [1.165, 1.54) is 0 Å². The largest absolute Gasteiger partial charge is 0.523 e. The Morgan fingerprint density at radius 2 is 1.65 bits per heavy atom. The molecule has 9 heteroatoms. The normalized spacial score (nSPS) is 18.7. The zero-order valence-electron chi connectivity index (χ0n) is 15.2. The highest BCUT2D eigenvalue weighted by molar-refractivity contribution is 8.33. The minimum Gasteiger partial charge on any atom is -0.493 e. The summed E-state index contributed by atoms with van der Waals surface area (Å²) in [6, 6.07) is 3.45. The molecule has 0 saturated carbocycles. The van der Waals surface area contributed by atoms with Crippen LogP contribution >= 0.6 is 10.3 Å². The Morgan fingerprint density at radius 1 is 1.12 bits per heavy atom. The lowest BCUT2D eigenvalue weighted by atomic mass is 10.1. The van der Waals surface area contributed by atoms with Crippen LogP contribution in [-0.2, 0) is 13.7 Å². The van der Waals surface area contributed by atoms with Gasteiger partial charge in [0.25, 0.3) is 0 Å². The summed E-state index contributed by atoms with van der Waals surface area (Å²) in [5, 5.41) is 0. The molecule has 0 spiro atoms. The van der Waals surface area contributed by atoms with E-state index in [0.717, 1.165) is 24.0 Å². The van der Waals surface area contributed by atoms with E-state index >= 15 is 0 Å². The molecule has 2 rings (SSSR count). The van der Waals surface area contributed by atoms with Crippen molar-refractivity contribution in [3.63, 3.8) is 0 Å². The van der Waals surface area contributed by atoms with Gasteiger partial charge in [0.1, 0.15) is 5.75 Å². The van der Waals surface area contributed by atoms with Crippen molar-refractivity contribution in [3.8, 4) is 5.75 Å². The predicted octanol–water partition coefficient (Wildman–Crippen LogP) is 5.22. The molecule has 1 aromatic carbocycles. The molecular weight excluding hydrogens is 389 g/mol. The van der Waals surface area contributed by atoms with E-state index in [9.17, 15) is 21.6 Å². The van der Waals surface area contributed by atoms with Gasteiger partial charge in [-0.05, 0) is 56.4 Å². The molecule has 1 aliphatic heterocycles. The molecule has 1 saturated heterocycles. The van der Waals surface area contributed by atoms with Crippen LogP contribution in [0.1, 0.15) is 43.7 Å². The summed E-state index contributed by atoms with van der Waals surface area (Å²) in [4.78, 5) is 0.542. The molecule has 0 N–H and O–H groups in total. The Kier molecular flexibility index (Phi) is 6.56. The molecule has 0 aliphatic carbocycles. The molecule has 26 heavy (non-hydrogen) atoms. The molecule has 0 amide bonds. The number of unbranched alkanes of at least 4 members (excludes halogenated alkanes) is 1. The standard InChI is InChI=1S/C17H25F3O4S2/c1-4-5-8-23-16-13(2)11-15(12-14(16)3)25(9-6-7-10-25)24-26(21,22)17(18,19)20/h11-12H,4-10H2,1-3H3. The van der Waals surface area contributed by atoms with Crippen molar-refractivity contribution >= 4 is 20.4 Å². The maximum absolute atomic E-state index is 12.8. The molecule has 1 fully saturated rings. The van der Waals surface area contributed by atoms with Crippen LogP contribution in [0.15, 0.2) is 17.0 Å². The van der Waals surface area contributed by atoms with Crippen LogP contribution in [0.4, 0.5) is 13.2 Å². The summed E-state index contributed by atoms with van der Waals surface area (Å²) in [6.45, 7) is 6.25. The van der Waals surface area contributed by atoms with E-state index in [0.29, 0.717) is 41.6 Å². The maximum atomic E-state index is 12.8. The molecule has 150 valence electrons. The molecule has 0 atom stereocenters. The number of hydrogen-bond acceptors (Lipinski definition) is 4. The van der Waals surface area contributed by atoms with Crippen molar-refractivity contribution in [2.24, 2.45) is 0 Å². The average molecular weight is 415 g/mol. The number of benzene rings is 1. The topological polar surface area (TPSA) is 52.6 Å². The van der Waals surface area contributed by atoms with Gasteiger partial charge < -0.3 is 4.74 Å². The van der Waals surface area contributed by atoms with Crippen LogP contribution in [-0.4, -0.2) is 32.0 Å². The molecule has 1 aliphatic rings. The second-order valence-corrected chi connectivity index (χ2v) is 11.3. The SMILES string of the molecule is CCCCOc1c(C)cc(S2(OS(=O)(=O)C(F)(F)F)CCCC2)cc1C. The van der Waals surface area contributed by atoms with Crippen molar-refractivity contribution < 1.29 is 30.0 Å². The quantitative estimate of drug-likeness (QED) is 0.453. The summed E-state index contributed by atoms with van der Waals surface area (Å²) in [6.07, 6.45) is 3.19. The molecule has 1 aromatic rings. The number of hydrogen-bond donors (Lipinski definition) is 0. The zero-order valence-corrected chi connectivity index (χ0v) is 16.8. The summed E-state index contributed by atoms with van der Waals surface area (Å²) in [5.41, 5.74) is -3.85. The van der Waals surface area contributed by atoms with Gasteiger partial charge >= 0.3 is 15.6 Å². The first-order valence-corrected chi connectivity index (χ1v) is 11.9. The molecule has 1 heterocycles. The van der Waals surface area contributed by atoms with Crippen molar-refractivity contribution in [3.05, 3.63) is 23.3 Å². The second-order valence-electron chi connectivity index (χ2n) is 6.48. The molecule has 4 nitrogen and oxygen atoms in total. The van der Waals surface area contributed by atoms with Gasteiger partial charge in [0.05, 0.1) is 6.61 Å². The summed E-state index contributed by atoms with van der Waals surface area (Å²) in [7, 11) is -8.17. The van der Waals surface area contributed by atoms with Gasteiger partial charge in [-0.3, -0.25) is 0 Å². The molecule has 0 unspecified atom stereocenters. The van der Waals surface area contributed by atoms with Gasteiger partial charge in [0, 0.05) is 16.4 Å². The zero-order chi connectivity index (χ0) is 19.6. The van der Waals surface area contributed by atoms with E-state index in [4.69, 9.17) is 8.37 Å². The lowest BCUT2D eigenvalue weighted by molar-refractivity contribution is -0.0496. The van der Waals surface area contributed by atoms with Crippen LogP contribution < -0.4 is 4.74 Å². The van der Waals surface area contributed by atoms with E-state index in [-0.39, 0.29) is 0 Å². The number of halogens is 3. The highest BCUT2D eigenvalue weighted by atomic mass is 32.3. The highest BCUT2D eigenvalue weighted by Gasteiger charge is 2.52. The van der Waals surface area contributed by atoms with Gasteiger partial charge in [-0.15, -0.1) is 0 Å². The Balaban J connectivity index is 2.39. The fourth-order valence-electron chi connectivity index (χ4n) is 3.00. The van der Waals surface area contributed by atoms with Crippen molar-refractivity contribution in [1.82, 2.24) is 0 Å². The van der Waals surface area contributed by atoms with Crippen LogP contribution in [0.25, 0.3) is 0 Å². The summed E-state index contributed by atoms with van der Waals surface area (Å²) in [5.74, 6) is 1.34. The Hall–Kier alpha value is -0.930. The summed E-state index contributed by atoms with van der Waals surface area (Å²) >= 11 is 0. The fraction of sp³-hybridized carbons (Fsp3) is 0.647. The predicted molar refractivity (Wildman–Crippen MR) is 97.2 cm³/mol. The molecule has 0 aromatic heterocycles. The van der Waals surface area contributed by atoms with Crippen LogP contribution in [0.3, 0.4) is 0 Å². The van der Waals surface area contributed by atoms with Crippen molar-refractivity contribution in [1.29, 1.82) is 0 Å².